The first-order chi connectivity index (χ1) is 13.8. The van der Waals surface area contributed by atoms with Crippen molar-refractivity contribution >= 4 is 43.8 Å². The van der Waals surface area contributed by atoms with Crippen LogP contribution in [0.15, 0.2) is 45.7 Å². The van der Waals surface area contributed by atoms with Crippen molar-refractivity contribution in [1.29, 1.82) is 0 Å². The number of furan rings is 1. The van der Waals surface area contributed by atoms with Gasteiger partial charge in [-0.05, 0) is 36.1 Å². The van der Waals surface area contributed by atoms with Crippen molar-refractivity contribution in [3.8, 4) is 5.75 Å². The van der Waals surface area contributed by atoms with E-state index >= 15 is 0 Å². The maximum Gasteiger partial charge on any atom is 0.260 e. The van der Waals surface area contributed by atoms with Gasteiger partial charge in [0.25, 0.3) is 5.91 Å². The Morgan fingerprint density at radius 1 is 1.31 bits per heavy atom. The summed E-state index contributed by atoms with van der Waals surface area (Å²) in [6, 6.07) is 6.46. The number of sulfone groups is 1. The Balaban J connectivity index is 1.46. The predicted octanol–water partition coefficient (Wildman–Crippen LogP) is 2.75. The van der Waals surface area contributed by atoms with Gasteiger partial charge in [0.1, 0.15) is 17.6 Å². The monoisotopic (exact) mass is 433 g/mol. The van der Waals surface area contributed by atoms with Gasteiger partial charge in [-0.1, -0.05) is 0 Å². The first kappa shape index (κ1) is 19.7. The van der Waals surface area contributed by atoms with Gasteiger partial charge in [-0.25, -0.2) is 8.42 Å². The number of ketones is 1. The highest BCUT2D eigenvalue weighted by atomic mass is 32.2. The second kappa shape index (κ2) is 7.64. The van der Waals surface area contributed by atoms with Gasteiger partial charge in [0.05, 0.1) is 17.1 Å². The summed E-state index contributed by atoms with van der Waals surface area (Å²) in [5.74, 6) is 0.0897. The van der Waals surface area contributed by atoms with Crippen LogP contribution in [0.4, 0.5) is 0 Å². The molecular formula is C20H19NO6S2. The van der Waals surface area contributed by atoms with Crippen LogP contribution in [0.2, 0.25) is 0 Å². The minimum Gasteiger partial charge on any atom is -0.484 e. The van der Waals surface area contributed by atoms with Gasteiger partial charge in [0, 0.05) is 29.4 Å². The quantitative estimate of drug-likeness (QED) is 0.555. The van der Waals surface area contributed by atoms with E-state index in [0.717, 1.165) is 0 Å². The van der Waals surface area contributed by atoms with Crippen LogP contribution in [0.25, 0.3) is 11.0 Å². The molecule has 1 saturated heterocycles. The minimum atomic E-state index is -3.07. The summed E-state index contributed by atoms with van der Waals surface area (Å²) in [7, 11) is -1.48. The third-order valence-corrected chi connectivity index (χ3v) is 7.52. The summed E-state index contributed by atoms with van der Waals surface area (Å²) in [6.45, 7) is -0.218. The highest BCUT2D eigenvalue weighted by molar-refractivity contribution is 7.91. The van der Waals surface area contributed by atoms with Crippen LogP contribution in [0.5, 0.6) is 5.75 Å². The molecule has 2 aromatic heterocycles. The Bertz CT molecular complexity index is 1160. The van der Waals surface area contributed by atoms with Crippen molar-refractivity contribution < 1.29 is 27.2 Å². The maximum absolute atomic E-state index is 12.6. The Kier molecular flexibility index (Phi) is 5.18. The summed E-state index contributed by atoms with van der Waals surface area (Å²) in [5, 5.41) is 4.22. The van der Waals surface area contributed by atoms with Crippen molar-refractivity contribution in [1.82, 2.24) is 4.90 Å². The van der Waals surface area contributed by atoms with E-state index in [1.54, 1.807) is 36.7 Å². The number of nitrogens with zero attached hydrogens (tertiary/aromatic N) is 1. The molecule has 1 amide bonds. The fourth-order valence-corrected chi connectivity index (χ4v) is 5.76. The molecule has 7 nitrogen and oxygen atoms in total. The zero-order valence-corrected chi connectivity index (χ0v) is 17.3. The molecule has 0 bridgehead atoms. The molecule has 3 aromatic rings. The lowest BCUT2D eigenvalue weighted by molar-refractivity contribution is -0.133. The molecule has 1 aliphatic heterocycles. The number of hydrogen-bond acceptors (Lipinski definition) is 7. The van der Waals surface area contributed by atoms with Crippen LogP contribution in [-0.2, 0) is 14.6 Å². The highest BCUT2D eigenvalue weighted by Crippen LogP contribution is 2.28. The second-order valence-electron chi connectivity index (χ2n) is 7.00. The topological polar surface area (TPSA) is 93.9 Å². The molecule has 29 heavy (non-hydrogen) atoms. The molecule has 0 N–H and O–H groups in total. The summed E-state index contributed by atoms with van der Waals surface area (Å²) < 4.78 is 34.3. The molecule has 4 rings (SSSR count). The molecular weight excluding hydrogens is 414 g/mol. The fraction of sp³-hybridized carbons (Fsp3) is 0.300. The molecule has 3 heterocycles. The zero-order chi connectivity index (χ0) is 20.6. The standard InChI is InChI=1S/C20H19NO6S2/c1-21(14-5-7-29(24,25)12-14)19(22)10-26-15-2-3-18-16(8-15)17(9-27-18)20(23)13-4-6-28-11-13/h2-4,6,8-9,11,14H,5,7,10,12H2,1H3/t14-/m0/s1. The van der Waals surface area contributed by atoms with Gasteiger partial charge < -0.3 is 14.1 Å². The number of rotatable bonds is 6. The molecule has 1 aromatic carbocycles. The van der Waals surface area contributed by atoms with E-state index < -0.39 is 9.84 Å². The van der Waals surface area contributed by atoms with E-state index in [4.69, 9.17) is 9.15 Å². The summed E-state index contributed by atoms with van der Waals surface area (Å²) in [6.07, 6.45) is 1.87. The lowest BCUT2D eigenvalue weighted by Gasteiger charge is -2.23. The average molecular weight is 434 g/mol. The molecule has 9 heteroatoms. The first-order valence-electron chi connectivity index (χ1n) is 9.01. The lowest BCUT2D eigenvalue weighted by atomic mass is 10.1. The minimum absolute atomic E-state index is 0.00965. The van der Waals surface area contributed by atoms with Crippen molar-refractivity contribution in [2.24, 2.45) is 0 Å². The van der Waals surface area contributed by atoms with E-state index in [-0.39, 0.29) is 35.8 Å². The molecule has 1 aliphatic rings. The van der Waals surface area contributed by atoms with E-state index in [1.165, 1.54) is 22.5 Å². The van der Waals surface area contributed by atoms with Gasteiger partial charge in [-0.15, -0.1) is 0 Å². The third-order valence-electron chi connectivity index (χ3n) is 5.08. The van der Waals surface area contributed by atoms with Crippen LogP contribution in [-0.4, -0.2) is 56.2 Å². The van der Waals surface area contributed by atoms with Crippen molar-refractivity contribution in [2.45, 2.75) is 12.5 Å². The highest BCUT2D eigenvalue weighted by Gasteiger charge is 2.32. The Morgan fingerprint density at radius 2 is 2.14 bits per heavy atom. The van der Waals surface area contributed by atoms with E-state index in [1.807, 2.05) is 5.38 Å². The van der Waals surface area contributed by atoms with Crippen LogP contribution < -0.4 is 4.74 Å². The molecule has 152 valence electrons. The Labute approximate surface area is 171 Å². The molecule has 1 fully saturated rings. The number of fused-ring (bicyclic) bond motifs is 1. The van der Waals surface area contributed by atoms with Crippen LogP contribution in [0.3, 0.4) is 0 Å². The number of carbonyl (C=O) groups excluding carboxylic acids is 2. The lowest BCUT2D eigenvalue weighted by Crippen LogP contribution is -2.40. The van der Waals surface area contributed by atoms with Crippen molar-refractivity contribution in [3.63, 3.8) is 0 Å². The van der Waals surface area contributed by atoms with Crippen molar-refractivity contribution in [2.75, 3.05) is 25.2 Å². The van der Waals surface area contributed by atoms with E-state index in [9.17, 15) is 18.0 Å². The van der Waals surface area contributed by atoms with E-state index in [2.05, 4.69) is 0 Å². The largest absolute Gasteiger partial charge is 0.484 e. The number of hydrogen-bond donors (Lipinski definition) is 0. The first-order valence-corrected chi connectivity index (χ1v) is 11.8. The normalized spacial score (nSPS) is 18.0. The maximum atomic E-state index is 12.6. The van der Waals surface area contributed by atoms with Gasteiger partial charge in [0.15, 0.2) is 22.2 Å². The third kappa shape index (κ3) is 4.06. The van der Waals surface area contributed by atoms with E-state index in [0.29, 0.717) is 34.3 Å². The summed E-state index contributed by atoms with van der Waals surface area (Å²) in [4.78, 5) is 26.5. The molecule has 0 radical (unpaired) electrons. The van der Waals surface area contributed by atoms with Gasteiger partial charge in [-0.3, -0.25) is 9.59 Å². The number of amides is 1. The number of ether oxygens (including phenoxy) is 1. The Hall–Kier alpha value is -2.65. The number of carbonyl (C=O) groups is 2. The smallest absolute Gasteiger partial charge is 0.260 e. The SMILES string of the molecule is CN(C(=O)COc1ccc2occ(C(=O)c3ccsc3)c2c1)[C@H]1CCS(=O)(=O)C1. The second-order valence-corrected chi connectivity index (χ2v) is 10.0. The number of likely N-dealkylation sites (N-methyl/N-ethyl adjacent to an activating group) is 1. The fourth-order valence-electron chi connectivity index (χ4n) is 3.35. The zero-order valence-electron chi connectivity index (χ0n) is 15.7. The van der Waals surface area contributed by atoms with Gasteiger partial charge in [0.2, 0.25) is 0 Å². The average Bonchev–Trinajstić information content (AvgIpc) is 3.44. The predicted molar refractivity (Wildman–Crippen MR) is 109 cm³/mol. The summed E-state index contributed by atoms with van der Waals surface area (Å²) >= 11 is 1.44. The van der Waals surface area contributed by atoms with Crippen molar-refractivity contribution in [3.05, 3.63) is 52.4 Å². The number of benzene rings is 1. The molecule has 0 aliphatic carbocycles. The Morgan fingerprint density at radius 3 is 2.83 bits per heavy atom. The molecule has 0 spiro atoms. The molecule has 1 atom stereocenters. The number of thiophene rings is 1. The van der Waals surface area contributed by atoms with Crippen LogP contribution in [0, 0.1) is 0 Å². The molecule has 0 saturated carbocycles. The molecule has 0 unspecified atom stereocenters. The van der Waals surface area contributed by atoms with Gasteiger partial charge >= 0.3 is 0 Å². The van der Waals surface area contributed by atoms with Crippen LogP contribution >= 0.6 is 11.3 Å². The summed E-state index contributed by atoms with van der Waals surface area (Å²) in [5.41, 5.74) is 1.58. The van der Waals surface area contributed by atoms with Gasteiger partial charge in [-0.2, -0.15) is 11.3 Å². The van der Waals surface area contributed by atoms with Crippen LogP contribution in [0.1, 0.15) is 22.3 Å².